The number of hydrogen-bond acceptors (Lipinski definition) is 3. The van der Waals surface area contributed by atoms with Gasteiger partial charge in [0.25, 0.3) is 0 Å². The van der Waals surface area contributed by atoms with E-state index in [4.69, 9.17) is 10.2 Å². The fraction of sp³-hybridized carbons (Fsp3) is 0.556. The summed E-state index contributed by atoms with van der Waals surface area (Å²) in [5.41, 5.74) is 5.30. The Hall–Kier alpha value is -0.800. The van der Waals surface area contributed by atoms with Crippen molar-refractivity contribution < 1.29 is 9.52 Å². The Morgan fingerprint density at radius 3 is 2.83 bits per heavy atom. The minimum absolute atomic E-state index is 0.476. The van der Waals surface area contributed by atoms with Crippen molar-refractivity contribution in [1.29, 1.82) is 0 Å². The van der Waals surface area contributed by atoms with Gasteiger partial charge < -0.3 is 15.3 Å². The molecule has 1 unspecified atom stereocenters. The second kappa shape index (κ2) is 4.28. The maximum atomic E-state index is 9.46. The van der Waals surface area contributed by atoms with E-state index in [1.165, 1.54) is 0 Å². The van der Waals surface area contributed by atoms with Crippen molar-refractivity contribution in [2.75, 3.05) is 6.54 Å². The third-order valence-corrected chi connectivity index (χ3v) is 1.80. The van der Waals surface area contributed by atoms with Gasteiger partial charge in [-0.25, -0.2) is 0 Å². The molecule has 1 heterocycles. The molecule has 0 saturated heterocycles. The van der Waals surface area contributed by atoms with Gasteiger partial charge in [-0.3, -0.25) is 0 Å². The van der Waals surface area contributed by atoms with Crippen LogP contribution >= 0.6 is 0 Å². The van der Waals surface area contributed by atoms with E-state index in [1.807, 2.05) is 13.0 Å². The first kappa shape index (κ1) is 9.29. The molecule has 1 rings (SSSR count). The average Bonchev–Trinajstić information content (AvgIpc) is 2.52. The van der Waals surface area contributed by atoms with Crippen LogP contribution in [0.15, 0.2) is 16.5 Å². The zero-order chi connectivity index (χ0) is 8.97. The maximum absolute atomic E-state index is 9.46. The lowest BCUT2D eigenvalue weighted by Gasteiger charge is -2.04. The van der Waals surface area contributed by atoms with E-state index < -0.39 is 6.10 Å². The molecule has 1 aromatic rings. The zero-order valence-corrected chi connectivity index (χ0v) is 7.29. The van der Waals surface area contributed by atoms with Crippen LogP contribution in [0, 0.1) is 0 Å². The lowest BCUT2D eigenvalue weighted by atomic mass is 10.2. The molecular weight excluding hydrogens is 154 g/mol. The first-order valence-electron chi connectivity index (χ1n) is 4.24. The molecule has 0 aliphatic rings. The van der Waals surface area contributed by atoms with E-state index in [-0.39, 0.29) is 0 Å². The summed E-state index contributed by atoms with van der Waals surface area (Å²) in [7, 11) is 0. The molecule has 0 fully saturated rings. The minimum Gasteiger partial charge on any atom is -0.463 e. The summed E-state index contributed by atoms with van der Waals surface area (Å²) in [5, 5.41) is 9.46. The molecular formula is C9H15NO2. The zero-order valence-electron chi connectivity index (χ0n) is 7.29. The standard InChI is InChI=1S/C9H15NO2/c1-2-7-3-4-9(12-7)8(11)5-6-10/h3-4,8,11H,2,5-6,10H2,1H3. The first-order chi connectivity index (χ1) is 5.77. The molecule has 68 valence electrons. The monoisotopic (exact) mass is 169 g/mol. The molecule has 3 heteroatoms. The Morgan fingerprint density at radius 1 is 1.58 bits per heavy atom. The van der Waals surface area contributed by atoms with Crippen molar-refractivity contribution in [3.8, 4) is 0 Å². The summed E-state index contributed by atoms with van der Waals surface area (Å²) in [6, 6.07) is 3.69. The van der Waals surface area contributed by atoms with Crippen LogP contribution in [0.4, 0.5) is 0 Å². The number of hydrogen-bond donors (Lipinski definition) is 2. The summed E-state index contributed by atoms with van der Waals surface area (Å²) >= 11 is 0. The third-order valence-electron chi connectivity index (χ3n) is 1.80. The van der Waals surface area contributed by atoms with E-state index in [9.17, 15) is 5.11 Å². The Morgan fingerprint density at radius 2 is 2.33 bits per heavy atom. The molecule has 0 aliphatic heterocycles. The summed E-state index contributed by atoms with van der Waals surface area (Å²) in [5.74, 6) is 1.53. The predicted molar refractivity (Wildman–Crippen MR) is 46.7 cm³/mol. The van der Waals surface area contributed by atoms with Crippen LogP contribution in [-0.2, 0) is 6.42 Å². The van der Waals surface area contributed by atoms with Gasteiger partial charge in [-0.2, -0.15) is 0 Å². The van der Waals surface area contributed by atoms with Crippen molar-refractivity contribution in [3.63, 3.8) is 0 Å². The number of furan rings is 1. The molecule has 0 saturated carbocycles. The number of rotatable bonds is 4. The van der Waals surface area contributed by atoms with Gasteiger partial charge in [0.05, 0.1) is 0 Å². The van der Waals surface area contributed by atoms with Gasteiger partial charge in [0.15, 0.2) is 0 Å². The fourth-order valence-electron chi connectivity index (χ4n) is 1.06. The number of aliphatic hydroxyl groups excluding tert-OH is 1. The number of nitrogens with two attached hydrogens (primary N) is 1. The van der Waals surface area contributed by atoms with Crippen LogP contribution in [0.1, 0.15) is 31.0 Å². The molecule has 3 nitrogen and oxygen atoms in total. The SMILES string of the molecule is CCc1ccc(C(O)CCN)o1. The van der Waals surface area contributed by atoms with Gasteiger partial charge in [-0.1, -0.05) is 6.92 Å². The predicted octanol–water partition coefficient (Wildman–Crippen LogP) is 1.22. The van der Waals surface area contributed by atoms with Crippen molar-refractivity contribution >= 4 is 0 Å². The number of aliphatic hydroxyl groups is 1. The minimum atomic E-state index is -0.546. The van der Waals surface area contributed by atoms with E-state index >= 15 is 0 Å². The third kappa shape index (κ3) is 2.09. The van der Waals surface area contributed by atoms with Crippen molar-refractivity contribution in [2.24, 2.45) is 5.73 Å². The first-order valence-corrected chi connectivity index (χ1v) is 4.24. The molecule has 1 atom stereocenters. The molecule has 3 N–H and O–H groups in total. The summed E-state index contributed by atoms with van der Waals surface area (Å²) in [6.07, 6.45) is 0.863. The van der Waals surface area contributed by atoms with Crippen molar-refractivity contribution in [2.45, 2.75) is 25.9 Å². The van der Waals surface area contributed by atoms with Crippen molar-refractivity contribution in [3.05, 3.63) is 23.7 Å². The second-order valence-corrected chi connectivity index (χ2v) is 2.75. The highest BCUT2D eigenvalue weighted by Crippen LogP contribution is 2.18. The lowest BCUT2D eigenvalue weighted by Crippen LogP contribution is -2.05. The van der Waals surface area contributed by atoms with Gasteiger partial charge in [-0.15, -0.1) is 0 Å². The van der Waals surface area contributed by atoms with E-state index in [1.54, 1.807) is 6.07 Å². The highest BCUT2D eigenvalue weighted by molar-refractivity contribution is 5.09. The van der Waals surface area contributed by atoms with Gasteiger partial charge in [0.1, 0.15) is 17.6 Å². The van der Waals surface area contributed by atoms with E-state index in [2.05, 4.69) is 0 Å². The normalized spacial score (nSPS) is 13.2. The topological polar surface area (TPSA) is 59.4 Å². The molecule has 0 amide bonds. The summed E-state index contributed by atoms with van der Waals surface area (Å²) < 4.78 is 5.34. The highest BCUT2D eigenvalue weighted by atomic mass is 16.4. The molecule has 0 aromatic carbocycles. The van der Waals surface area contributed by atoms with Gasteiger partial charge in [0.2, 0.25) is 0 Å². The van der Waals surface area contributed by atoms with E-state index in [0.29, 0.717) is 18.7 Å². The van der Waals surface area contributed by atoms with Gasteiger partial charge in [0, 0.05) is 6.42 Å². The summed E-state index contributed by atoms with van der Waals surface area (Å²) in [4.78, 5) is 0. The smallest absolute Gasteiger partial charge is 0.132 e. The van der Waals surface area contributed by atoms with Crippen LogP contribution < -0.4 is 5.73 Å². The maximum Gasteiger partial charge on any atom is 0.132 e. The van der Waals surface area contributed by atoms with Gasteiger partial charge in [-0.05, 0) is 25.1 Å². The quantitative estimate of drug-likeness (QED) is 0.712. The molecule has 0 radical (unpaired) electrons. The average molecular weight is 169 g/mol. The molecule has 12 heavy (non-hydrogen) atoms. The fourth-order valence-corrected chi connectivity index (χ4v) is 1.06. The van der Waals surface area contributed by atoms with Crippen LogP contribution in [0.2, 0.25) is 0 Å². The lowest BCUT2D eigenvalue weighted by molar-refractivity contribution is 0.141. The Labute approximate surface area is 72.2 Å². The van der Waals surface area contributed by atoms with Crippen LogP contribution in [0.25, 0.3) is 0 Å². The second-order valence-electron chi connectivity index (χ2n) is 2.75. The summed E-state index contributed by atoms with van der Waals surface area (Å²) in [6.45, 7) is 2.49. The molecule has 1 aromatic heterocycles. The van der Waals surface area contributed by atoms with Crippen molar-refractivity contribution in [1.82, 2.24) is 0 Å². The highest BCUT2D eigenvalue weighted by Gasteiger charge is 2.10. The molecule has 0 spiro atoms. The van der Waals surface area contributed by atoms with Crippen LogP contribution in [0.5, 0.6) is 0 Å². The largest absolute Gasteiger partial charge is 0.463 e. The number of aryl methyl sites for hydroxylation is 1. The Bertz CT molecular complexity index is 232. The van der Waals surface area contributed by atoms with E-state index in [0.717, 1.165) is 12.2 Å². The Balaban J connectivity index is 2.61. The Kier molecular flexibility index (Phi) is 3.31. The van der Waals surface area contributed by atoms with Crippen LogP contribution in [0.3, 0.4) is 0 Å². The van der Waals surface area contributed by atoms with Crippen LogP contribution in [-0.4, -0.2) is 11.7 Å². The van der Waals surface area contributed by atoms with Gasteiger partial charge >= 0.3 is 0 Å². The molecule has 0 aliphatic carbocycles. The molecule has 0 bridgehead atoms.